The number of carboxylic acid groups (broad SMARTS) is 1. The van der Waals surface area contributed by atoms with Gasteiger partial charge in [0.05, 0.1) is 0 Å². The third-order valence-corrected chi connectivity index (χ3v) is 3.41. The van der Waals surface area contributed by atoms with Gasteiger partial charge in [-0.15, -0.1) is 0 Å². The average Bonchev–Trinajstić information content (AvgIpc) is 2.48. The molecule has 23 heavy (non-hydrogen) atoms. The molecule has 0 saturated carbocycles. The molecule has 0 aliphatic rings. The summed E-state index contributed by atoms with van der Waals surface area (Å²) in [7, 11) is 0. The molecule has 1 atom stereocenters. The number of carboxylic acids is 1. The van der Waals surface area contributed by atoms with E-state index in [9.17, 15) is 9.18 Å². The van der Waals surface area contributed by atoms with Crippen LogP contribution in [-0.4, -0.2) is 17.1 Å². The van der Waals surface area contributed by atoms with Crippen LogP contribution in [-0.2, 0) is 11.3 Å². The first-order chi connectivity index (χ1) is 11.0. The average molecular weight is 317 g/mol. The molecular formula is C18H20FNO3. The van der Waals surface area contributed by atoms with E-state index in [4.69, 9.17) is 9.84 Å². The lowest BCUT2D eigenvalue weighted by Gasteiger charge is -2.18. The van der Waals surface area contributed by atoms with Crippen LogP contribution in [0.2, 0.25) is 0 Å². The van der Waals surface area contributed by atoms with Gasteiger partial charge in [0.15, 0.2) is 0 Å². The van der Waals surface area contributed by atoms with Crippen LogP contribution in [0.3, 0.4) is 0 Å². The quantitative estimate of drug-likeness (QED) is 0.815. The number of carbonyl (C=O) groups is 1. The van der Waals surface area contributed by atoms with Crippen molar-refractivity contribution in [2.45, 2.75) is 26.4 Å². The molecule has 2 rings (SSSR count). The minimum atomic E-state index is -0.856. The molecule has 122 valence electrons. The Morgan fingerprint density at radius 1 is 1.17 bits per heavy atom. The van der Waals surface area contributed by atoms with Crippen molar-refractivity contribution in [1.82, 2.24) is 5.32 Å². The fraction of sp³-hybridized carbons (Fsp3) is 0.278. The fourth-order valence-electron chi connectivity index (χ4n) is 2.18. The number of rotatable bonds is 7. The Labute approximate surface area is 134 Å². The van der Waals surface area contributed by atoms with Gasteiger partial charge in [0, 0.05) is 12.6 Å². The van der Waals surface area contributed by atoms with Gasteiger partial charge >= 0.3 is 5.97 Å². The van der Waals surface area contributed by atoms with Gasteiger partial charge in [0.25, 0.3) is 0 Å². The van der Waals surface area contributed by atoms with E-state index in [-0.39, 0.29) is 11.7 Å². The van der Waals surface area contributed by atoms with Gasteiger partial charge in [0.2, 0.25) is 0 Å². The van der Waals surface area contributed by atoms with Crippen molar-refractivity contribution < 1.29 is 19.0 Å². The maximum atomic E-state index is 13.1. The zero-order valence-electron chi connectivity index (χ0n) is 13.1. The second-order valence-electron chi connectivity index (χ2n) is 5.64. The van der Waals surface area contributed by atoms with E-state index in [0.717, 1.165) is 5.56 Å². The lowest BCUT2D eigenvalue weighted by Crippen LogP contribution is -2.40. The van der Waals surface area contributed by atoms with E-state index in [1.54, 1.807) is 24.3 Å². The van der Waals surface area contributed by atoms with Crippen LogP contribution in [0.15, 0.2) is 48.5 Å². The Morgan fingerprint density at radius 2 is 1.87 bits per heavy atom. The number of benzene rings is 2. The molecule has 2 N–H and O–H groups in total. The molecule has 0 spiro atoms. The summed E-state index contributed by atoms with van der Waals surface area (Å²) in [5.74, 6) is -0.175. The first kappa shape index (κ1) is 17.0. The summed E-state index contributed by atoms with van der Waals surface area (Å²) in [6, 6.07) is 12.6. The maximum absolute atomic E-state index is 13.1. The standard InChI is InChI=1S/C18H20FNO3/c1-12(2)17(18(21)22)20-11-13-6-8-15(9-7-13)23-16-5-3-4-14(19)10-16/h3-10,12,17,20H,11H2,1-2H3,(H,21,22)/t17-/m1/s1. The van der Waals surface area contributed by atoms with Crippen LogP contribution in [0, 0.1) is 11.7 Å². The summed E-state index contributed by atoms with van der Waals surface area (Å²) < 4.78 is 18.7. The van der Waals surface area contributed by atoms with Crippen LogP contribution < -0.4 is 10.1 Å². The van der Waals surface area contributed by atoms with Crippen LogP contribution in [0.25, 0.3) is 0 Å². The molecule has 0 saturated heterocycles. The zero-order valence-corrected chi connectivity index (χ0v) is 13.1. The lowest BCUT2D eigenvalue weighted by atomic mass is 10.0. The molecule has 0 aliphatic heterocycles. The third kappa shape index (κ3) is 5.07. The van der Waals surface area contributed by atoms with E-state index in [1.807, 2.05) is 26.0 Å². The van der Waals surface area contributed by atoms with Crippen LogP contribution in [0.4, 0.5) is 4.39 Å². The molecule has 5 heteroatoms. The van der Waals surface area contributed by atoms with Crippen LogP contribution in [0.1, 0.15) is 19.4 Å². The molecular weight excluding hydrogens is 297 g/mol. The molecule has 4 nitrogen and oxygen atoms in total. The van der Waals surface area contributed by atoms with Crippen molar-refractivity contribution in [3.63, 3.8) is 0 Å². The summed E-state index contributed by atoms with van der Waals surface area (Å²) >= 11 is 0. The van der Waals surface area contributed by atoms with Crippen molar-refractivity contribution in [3.8, 4) is 11.5 Å². The fourth-order valence-corrected chi connectivity index (χ4v) is 2.18. The highest BCUT2D eigenvalue weighted by Crippen LogP contribution is 2.22. The molecule has 0 fully saturated rings. The Bertz CT molecular complexity index is 656. The SMILES string of the molecule is CC(C)[C@@H](NCc1ccc(Oc2cccc(F)c2)cc1)C(=O)O. The van der Waals surface area contributed by atoms with Gasteiger partial charge in [-0.05, 0) is 35.7 Å². The summed E-state index contributed by atoms with van der Waals surface area (Å²) in [6.45, 7) is 4.18. The molecule has 0 aromatic heterocycles. The van der Waals surface area contributed by atoms with Gasteiger partial charge < -0.3 is 15.2 Å². The van der Waals surface area contributed by atoms with Crippen LogP contribution in [0.5, 0.6) is 11.5 Å². The smallest absolute Gasteiger partial charge is 0.320 e. The topological polar surface area (TPSA) is 58.6 Å². The molecule has 0 heterocycles. The van der Waals surface area contributed by atoms with Crippen molar-refractivity contribution in [2.75, 3.05) is 0 Å². The molecule has 0 bridgehead atoms. The van der Waals surface area contributed by atoms with Crippen molar-refractivity contribution in [2.24, 2.45) is 5.92 Å². The normalized spacial score (nSPS) is 12.2. The maximum Gasteiger partial charge on any atom is 0.320 e. The van der Waals surface area contributed by atoms with Gasteiger partial charge in [0.1, 0.15) is 23.4 Å². The number of aliphatic carboxylic acids is 1. The van der Waals surface area contributed by atoms with Gasteiger partial charge in [-0.1, -0.05) is 32.0 Å². The molecule has 2 aromatic carbocycles. The Balaban J connectivity index is 1.95. The van der Waals surface area contributed by atoms with Gasteiger partial charge in [-0.3, -0.25) is 4.79 Å². The second-order valence-corrected chi connectivity index (χ2v) is 5.64. The molecule has 0 aliphatic carbocycles. The summed E-state index contributed by atoms with van der Waals surface area (Å²) in [4.78, 5) is 11.1. The first-order valence-corrected chi connectivity index (χ1v) is 7.44. The Kier molecular flexibility index (Phi) is 5.71. The molecule has 0 amide bonds. The number of nitrogens with one attached hydrogen (secondary N) is 1. The summed E-state index contributed by atoms with van der Waals surface area (Å²) in [5.41, 5.74) is 0.948. The number of ether oxygens (including phenoxy) is 1. The van der Waals surface area contributed by atoms with Gasteiger partial charge in [-0.25, -0.2) is 4.39 Å². The monoisotopic (exact) mass is 317 g/mol. The summed E-state index contributed by atoms with van der Waals surface area (Å²) in [6.07, 6.45) is 0. The second kappa shape index (κ2) is 7.74. The van der Waals surface area contributed by atoms with Crippen molar-refractivity contribution >= 4 is 5.97 Å². The lowest BCUT2D eigenvalue weighted by molar-refractivity contribution is -0.140. The minimum Gasteiger partial charge on any atom is -0.480 e. The van der Waals surface area contributed by atoms with E-state index in [2.05, 4.69) is 5.32 Å². The number of halogens is 1. The minimum absolute atomic E-state index is 0.00286. The molecule has 0 radical (unpaired) electrons. The molecule has 2 aromatic rings. The molecule has 0 unspecified atom stereocenters. The number of hydrogen-bond donors (Lipinski definition) is 2. The largest absolute Gasteiger partial charge is 0.480 e. The predicted octanol–water partition coefficient (Wildman–Crippen LogP) is 3.82. The predicted molar refractivity (Wildman–Crippen MR) is 86.0 cm³/mol. The van der Waals surface area contributed by atoms with Crippen molar-refractivity contribution in [3.05, 3.63) is 59.9 Å². The van der Waals surface area contributed by atoms with Crippen LogP contribution >= 0.6 is 0 Å². The highest BCUT2D eigenvalue weighted by molar-refractivity contribution is 5.73. The first-order valence-electron chi connectivity index (χ1n) is 7.44. The van der Waals surface area contributed by atoms with E-state index in [1.165, 1.54) is 12.1 Å². The number of hydrogen-bond acceptors (Lipinski definition) is 3. The third-order valence-electron chi connectivity index (χ3n) is 3.41. The Morgan fingerprint density at radius 3 is 2.43 bits per heavy atom. The van der Waals surface area contributed by atoms with E-state index < -0.39 is 12.0 Å². The zero-order chi connectivity index (χ0) is 16.8. The highest BCUT2D eigenvalue weighted by Gasteiger charge is 2.20. The highest BCUT2D eigenvalue weighted by atomic mass is 19.1. The summed E-state index contributed by atoms with van der Waals surface area (Å²) in [5, 5.41) is 12.2. The van der Waals surface area contributed by atoms with Gasteiger partial charge in [-0.2, -0.15) is 0 Å². The van der Waals surface area contributed by atoms with E-state index in [0.29, 0.717) is 18.0 Å². The van der Waals surface area contributed by atoms with E-state index >= 15 is 0 Å². The Hall–Kier alpha value is -2.40. The van der Waals surface area contributed by atoms with Crippen molar-refractivity contribution in [1.29, 1.82) is 0 Å².